The van der Waals surface area contributed by atoms with Crippen LogP contribution in [0.1, 0.15) is 25.7 Å². The van der Waals surface area contributed by atoms with Crippen LogP contribution in [0.3, 0.4) is 0 Å². The molecule has 0 aliphatic carbocycles. The first-order chi connectivity index (χ1) is 7.90. The van der Waals surface area contributed by atoms with Crippen molar-refractivity contribution in [2.24, 2.45) is 5.92 Å². The predicted molar refractivity (Wildman–Crippen MR) is 64.6 cm³/mol. The van der Waals surface area contributed by atoms with Crippen LogP contribution in [0, 0.1) is 5.92 Å². The van der Waals surface area contributed by atoms with Crippen LogP contribution in [0.25, 0.3) is 0 Å². The fourth-order valence-corrected chi connectivity index (χ4v) is 3.14. The van der Waals surface area contributed by atoms with Crippen molar-refractivity contribution in [3.8, 4) is 0 Å². The number of epoxide rings is 1. The second-order valence-corrected chi connectivity index (χ2v) is 5.71. The third-order valence-corrected chi connectivity index (χ3v) is 4.29. The van der Waals surface area contributed by atoms with E-state index in [1.807, 2.05) is 0 Å². The number of hydrogen-bond donors (Lipinski definition) is 0. The van der Waals surface area contributed by atoms with E-state index in [1.54, 1.807) is 0 Å². The highest BCUT2D eigenvalue weighted by atomic mass is 16.6. The molecular weight excluding hydrogens is 200 g/mol. The largest absolute Gasteiger partial charge is 0.372 e. The maximum atomic E-state index is 5.30. The van der Waals surface area contributed by atoms with Crippen LogP contribution in [-0.4, -0.2) is 61.8 Å². The van der Waals surface area contributed by atoms with Gasteiger partial charge in [-0.2, -0.15) is 0 Å². The van der Waals surface area contributed by atoms with Gasteiger partial charge in [0.1, 0.15) is 0 Å². The first kappa shape index (κ1) is 11.0. The first-order valence-electron chi connectivity index (χ1n) is 6.96. The molecule has 92 valence electrons. The van der Waals surface area contributed by atoms with E-state index in [0.29, 0.717) is 6.10 Å². The Hall–Kier alpha value is -0.120. The Morgan fingerprint density at radius 3 is 2.12 bits per heavy atom. The van der Waals surface area contributed by atoms with E-state index in [9.17, 15) is 0 Å². The van der Waals surface area contributed by atoms with Crippen LogP contribution in [-0.2, 0) is 4.74 Å². The monoisotopic (exact) mass is 224 g/mol. The molecule has 0 aromatic carbocycles. The standard InChI is InChI=1S/C13H24N2O/c1-2-6-14(5-1)9-12-3-7-15(8-4-12)10-13-11-16-13/h12-13H,1-11H2. The quantitative estimate of drug-likeness (QED) is 0.669. The Kier molecular flexibility index (Phi) is 3.46. The van der Waals surface area contributed by atoms with Gasteiger partial charge >= 0.3 is 0 Å². The summed E-state index contributed by atoms with van der Waals surface area (Å²) in [5, 5.41) is 0. The van der Waals surface area contributed by atoms with Crippen LogP contribution in [0.4, 0.5) is 0 Å². The van der Waals surface area contributed by atoms with Crippen molar-refractivity contribution in [1.29, 1.82) is 0 Å². The zero-order valence-corrected chi connectivity index (χ0v) is 10.2. The van der Waals surface area contributed by atoms with Gasteiger partial charge in [0.15, 0.2) is 0 Å². The van der Waals surface area contributed by atoms with Crippen LogP contribution in [0.5, 0.6) is 0 Å². The maximum Gasteiger partial charge on any atom is 0.0936 e. The number of rotatable bonds is 4. The van der Waals surface area contributed by atoms with Gasteiger partial charge in [-0.3, -0.25) is 0 Å². The molecule has 3 fully saturated rings. The molecular formula is C13H24N2O. The minimum Gasteiger partial charge on any atom is -0.372 e. The summed E-state index contributed by atoms with van der Waals surface area (Å²) in [6, 6.07) is 0. The van der Waals surface area contributed by atoms with Gasteiger partial charge in [0.05, 0.1) is 12.7 Å². The van der Waals surface area contributed by atoms with E-state index < -0.39 is 0 Å². The molecule has 3 heterocycles. The zero-order valence-electron chi connectivity index (χ0n) is 10.2. The van der Waals surface area contributed by atoms with Gasteiger partial charge in [-0.1, -0.05) is 0 Å². The lowest BCUT2D eigenvalue weighted by Crippen LogP contribution is -2.39. The summed E-state index contributed by atoms with van der Waals surface area (Å²) in [6.07, 6.45) is 6.25. The van der Waals surface area contributed by atoms with E-state index in [0.717, 1.165) is 12.5 Å². The zero-order chi connectivity index (χ0) is 10.8. The lowest BCUT2D eigenvalue weighted by Gasteiger charge is -2.33. The van der Waals surface area contributed by atoms with Crippen LogP contribution in [0.2, 0.25) is 0 Å². The molecule has 3 heteroatoms. The van der Waals surface area contributed by atoms with E-state index in [-0.39, 0.29) is 0 Å². The van der Waals surface area contributed by atoms with Crippen molar-refractivity contribution in [2.75, 3.05) is 45.9 Å². The highest BCUT2D eigenvalue weighted by molar-refractivity contribution is 4.80. The highest BCUT2D eigenvalue weighted by Crippen LogP contribution is 2.22. The van der Waals surface area contributed by atoms with Crippen molar-refractivity contribution in [1.82, 2.24) is 9.80 Å². The second-order valence-electron chi connectivity index (χ2n) is 5.71. The molecule has 3 aliphatic heterocycles. The third-order valence-electron chi connectivity index (χ3n) is 4.29. The molecule has 3 rings (SSSR count). The maximum absolute atomic E-state index is 5.30. The predicted octanol–water partition coefficient (Wildman–Crippen LogP) is 1.19. The smallest absolute Gasteiger partial charge is 0.0936 e. The molecule has 3 aliphatic rings. The summed E-state index contributed by atoms with van der Waals surface area (Å²) < 4.78 is 5.30. The van der Waals surface area contributed by atoms with Crippen LogP contribution in [0.15, 0.2) is 0 Å². The molecule has 0 spiro atoms. The van der Waals surface area contributed by atoms with Gasteiger partial charge in [-0.25, -0.2) is 0 Å². The van der Waals surface area contributed by atoms with Crippen molar-refractivity contribution in [3.63, 3.8) is 0 Å². The Labute approximate surface area is 98.7 Å². The van der Waals surface area contributed by atoms with Crippen molar-refractivity contribution >= 4 is 0 Å². The van der Waals surface area contributed by atoms with Gasteiger partial charge in [-0.05, 0) is 57.8 Å². The average Bonchev–Trinajstić information content (AvgIpc) is 2.96. The Morgan fingerprint density at radius 2 is 1.50 bits per heavy atom. The molecule has 16 heavy (non-hydrogen) atoms. The Bertz CT molecular complexity index is 216. The minimum absolute atomic E-state index is 0.579. The van der Waals surface area contributed by atoms with Gasteiger partial charge in [0.2, 0.25) is 0 Å². The Morgan fingerprint density at radius 1 is 0.875 bits per heavy atom. The molecule has 0 radical (unpaired) electrons. The molecule has 0 N–H and O–H groups in total. The SMILES string of the molecule is C1CCN(CC2CCN(CC3CO3)CC2)C1. The van der Waals surface area contributed by atoms with E-state index in [1.165, 1.54) is 65.0 Å². The van der Waals surface area contributed by atoms with Gasteiger partial charge in [-0.15, -0.1) is 0 Å². The van der Waals surface area contributed by atoms with Gasteiger partial charge in [0, 0.05) is 13.1 Å². The lowest BCUT2D eigenvalue weighted by molar-refractivity contribution is 0.145. The molecule has 0 aromatic rings. The summed E-state index contributed by atoms with van der Waals surface area (Å²) >= 11 is 0. The molecule has 3 nitrogen and oxygen atoms in total. The first-order valence-corrected chi connectivity index (χ1v) is 6.96. The number of hydrogen-bond acceptors (Lipinski definition) is 3. The molecule has 1 atom stereocenters. The number of likely N-dealkylation sites (tertiary alicyclic amines) is 2. The topological polar surface area (TPSA) is 19.0 Å². The molecule has 0 bridgehead atoms. The number of piperidine rings is 1. The molecule has 0 saturated carbocycles. The molecule has 0 aromatic heterocycles. The summed E-state index contributed by atoms with van der Waals surface area (Å²) in [4.78, 5) is 5.27. The van der Waals surface area contributed by atoms with Crippen LogP contribution >= 0.6 is 0 Å². The highest BCUT2D eigenvalue weighted by Gasteiger charge is 2.28. The van der Waals surface area contributed by atoms with Crippen molar-refractivity contribution < 1.29 is 4.74 Å². The minimum atomic E-state index is 0.579. The molecule has 0 amide bonds. The fourth-order valence-electron chi connectivity index (χ4n) is 3.14. The fraction of sp³-hybridized carbons (Fsp3) is 1.00. The Balaban J connectivity index is 1.36. The van der Waals surface area contributed by atoms with E-state index in [2.05, 4.69) is 9.80 Å². The van der Waals surface area contributed by atoms with Crippen LogP contribution < -0.4 is 0 Å². The average molecular weight is 224 g/mol. The number of nitrogens with zero attached hydrogens (tertiary/aromatic N) is 2. The van der Waals surface area contributed by atoms with E-state index in [4.69, 9.17) is 4.74 Å². The lowest BCUT2D eigenvalue weighted by atomic mass is 9.96. The van der Waals surface area contributed by atoms with E-state index >= 15 is 0 Å². The molecule has 1 unspecified atom stereocenters. The summed E-state index contributed by atoms with van der Waals surface area (Å²) in [6.45, 7) is 8.89. The van der Waals surface area contributed by atoms with Crippen molar-refractivity contribution in [3.05, 3.63) is 0 Å². The summed E-state index contributed by atoms with van der Waals surface area (Å²) in [5.74, 6) is 0.967. The van der Waals surface area contributed by atoms with Crippen molar-refractivity contribution in [2.45, 2.75) is 31.8 Å². The summed E-state index contributed by atoms with van der Waals surface area (Å²) in [7, 11) is 0. The summed E-state index contributed by atoms with van der Waals surface area (Å²) in [5.41, 5.74) is 0. The molecule has 3 saturated heterocycles. The van der Waals surface area contributed by atoms with Gasteiger partial charge < -0.3 is 14.5 Å². The number of ether oxygens (including phenoxy) is 1. The second kappa shape index (κ2) is 5.03. The van der Waals surface area contributed by atoms with Gasteiger partial charge in [0.25, 0.3) is 0 Å². The normalized spacial score (nSPS) is 33.4. The third kappa shape index (κ3) is 2.96.